The van der Waals surface area contributed by atoms with Crippen LogP contribution in [0.3, 0.4) is 0 Å². The number of amides is 1. The normalized spacial score (nSPS) is 19.2. The quantitative estimate of drug-likeness (QED) is 0.195. The van der Waals surface area contributed by atoms with Crippen molar-refractivity contribution in [1.82, 2.24) is 20.0 Å². The Morgan fingerprint density at radius 1 is 1.08 bits per heavy atom. The Labute approximate surface area is 279 Å². The van der Waals surface area contributed by atoms with Crippen molar-refractivity contribution in [3.05, 3.63) is 83.4 Å². The first kappa shape index (κ1) is 34.5. The Morgan fingerprint density at radius 2 is 1.78 bits per heavy atom. The first-order valence-electron chi connectivity index (χ1n) is 15.4. The van der Waals surface area contributed by atoms with Gasteiger partial charge >= 0.3 is 6.18 Å². The summed E-state index contributed by atoms with van der Waals surface area (Å²) in [6, 6.07) is 12.2. The zero-order valence-corrected chi connectivity index (χ0v) is 27.8. The van der Waals surface area contributed by atoms with Crippen LogP contribution < -0.4 is 19.5 Å². The number of aliphatic hydroxyl groups is 1. The van der Waals surface area contributed by atoms with E-state index in [1.165, 1.54) is 45.9 Å². The highest BCUT2D eigenvalue weighted by atomic mass is 32.2. The van der Waals surface area contributed by atoms with Crippen molar-refractivity contribution in [3.8, 4) is 22.8 Å². The van der Waals surface area contributed by atoms with Gasteiger partial charge in [0.2, 0.25) is 10.0 Å². The number of carbonyl (C=O) groups is 1. The highest BCUT2D eigenvalue weighted by Crippen LogP contribution is 2.52. The molecule has 1 saturated carbocycles. The van der Waals surface area contributed by atoms with Crippen LogP contribution in [-0.4, -0.2) is 59.6 Å². The van der Waals surface area contributed by atoms with Crippen LogP contribution in [0.4, 0.5) is 17.6 Å². The van der Waals surface area contributed by atoms with Gasteiger partial charge in [0.15, 0.2) is 11.3 Å². The molecule has 0 saturated heterocycles. The summed E-state index contributed by atoms with van der Waals surface area (Å²) in [7, 11) is -4.63. The maximum Gasteiger partial charge on any atom is 0.415 e. The largest absolute Gasteiger partial charge is 0.488 e. The summed E-state index contributed by atoms with van der Waals surface area (Å²) in [5, 5.41) is 14.9. The summed E-state index contributed by atoms with van der Waals surface area (Å²) in [6.07, 6.45) is -1.85. The van der Waals surface area contributed by atoms with Crippen molar-refractivity contribution in [3.63, 3.8) is 0 Å². The minimum atomic E-state index is -5.22. The summed E-state index contributed by atoms with van der Waals surface area (Å²) in [5.41, 5.74) is -5.63. The number of rotatable bonds is 9. The average molecular weight is 703 g/mol. The molecule has 2 aromatic heterocycles. The molecular formula is C34H34F4N4O6S. The number of hydrogen-bond acceptors (Lipinski definition) is 8. The number of ether oxygens (including phenoxy) is 2. The lowest BCUT2D eigenvalue weighted by molar-refractivity contribution is -0.196. The standard InChI is InChI=1S/C34H34F4N4O6S/c1-31(2,3)49(45,46)42-33(34(36,37)38)18-47-29-24(33)16-26(41-28(29)19-7-9-22(35)10-8-19)32(4,44)17-40-30(43)21-14-20-6-5-13-39-27(20)25(15-21)48-23-11-12-23/h5-10,13-16,23,42,44H,11-12,17-18H2,1-4H3,(H,40,43)/t32-,33-/m0/s1. The molecule has 2 atom stereocenters. The molecule has 49 heavy (non-hydrogen) atoms. The minimum absolute atomic E-state index is 0.0195. The first-order chi connectivity index (χ1) is 22.8. The number of sulfonamides is 1. The zero-order valence-electron chi connectivity index (χ0n) is 27.0. The maximum atomic E-state index is 15.1. The van der Waals surface area contributed by atoms with Crippen molar-refractivity contribution in [1.29, 1.82) is 0 Å². The van der Waals surface area contributed by atoms with E-state index >= 15 is 13.2 Å². The van der Waals surface area contributed by atoms with Gasteiger partial charge in [-0.3, -0.25) is 9.78 Å². The maximum absolute atomic E-state index is 15.1. The zero-order chi connectivity index (χ0) is 35.6. The second-order valence-corrected chi connectivity index (χ2v) is 15.9. The number of pyridine rings is 2. The second kappa shape index (κ2) is 11.9. The van der Waals surface area contributed by atoms with Crippen LogP contribution in [0.15, 0.2) is 60.8 Å². The molecule has 0 unspecified atom stereocenters. The fourth-order valence-electron chi connectivity index (χ4n) is 5.28. The molecule has 6 rings (SSSR count). The predicted octanol–water partition coefficient (Wildman–Crippen LogP) is 5.48. The minimum Gasteiger partial charge on any atom is -0.488 e. The molecule has 1 aliphatic heterocycles. The molecule has 10 nitrogen and oxygen atoms in total. The highest BCUT2D eigenvalue weighted by Gasteiger charge is 2.64. The van der Waals surface area contributed by atoms with Gasteiger partial charge in [-0.2, -0.15) is 17.9 Å². The third kappa shape index (κ3) is 6.54. The van der Waals surface area contributed by atoms with Crippen molar-refractivity contribution in [2.24, 2.45) is 0 Å². The molecule has 1 aliphatic carbocycles. The van der Waals surface area contributed by atoms with Gasteiger partial charge in [-0.1, -0.05) is 6.07 Å². The molecule has 4 aromatic rings. The predicted molar refractivity (Wildman–Crippen MR) is 172 cm³/mol. The van der Waals surface area contributed by atoms with Crippen LogP contribution in [-0.2, 0) is 21.2 Å². The number of nitrogens with zero attached hydrogens (tertiary/aromatic N) is 2. The van der Waals surface area contributed by atoms with Gasteiger partial charge in [0.05, 0.1) is 23.1 Å². The molecule has 0 radical (unpaired) electrons. The van der Waals surface area contributed by atoms with Gasteiger partial charge in [-0.15, -0.1) is 0 Å². The Balaban J connectivity index is 1.40. The van der Waals surface area contributed by atoms with Gasteiger partial charge in [-0.05, 0) is 89.1 Å². The number of fused-ring (bicyclic) bond motifs is 2. The third-order valence-electron chi connectivity index (χ3n) is 8.48. The fourth-order valence-corrected chi connectivity index (χ4v) is 6.33. The molecule has 3 heterocycles. The lowest BCUT2D eigenvalue weighted by atomic mass is 9.88. The Bertz CT molecular complexity index is 2040. The number of hydrogen-bond donors (Lipinski definition) is 3. The van der Waals surface area contributed by atoms with E-state index in [2.05, 4.69) is 15.3 Å². The number of nitrogens with one attached hydrogen (secondary N) is 2. The Hall–Kier alpha value is -4.34. The topological polar surface area (TPSA) is 140 Å². The van der Waals surface area contributed by atoms with Crippen LogP contribution in [0.2, 0.25) is 0 Å². The van der Waals surface area contributed by atoms with Gasteiger partial charge in [0.25, 0.3) is 5.91 Å². The Morgan fingerprint density at radius 3 is 2.41 bits per heavy atom. The molecule has 0 bridgehead atoms. The number of carbonyl (C=O) groups excluding carboxylic acids is 1. The monoisotopic (exact) mass is 702 g/mol. The number of aromatic nitrogens is 2. The third-order valence-corrected chi connectivity index (χ3v) is 10.7. The smallest absolute Gasteiger partial charge is 0.415 e. The second-order valence-electron chi connectivity index (χ2n) is 13.5. The van der Waals surface area contributed by atoms with Gasteiger partial charge in [0, 0.05) is 28.3 Å². The molecule has 3 N–H and O–H groups in total. The highest BCUT2D eigenvalue weighted by molar-refractivity contribution is 7.90. The molecule has 2 aliphatic rings. The van der Waals surface area contributed by atoms with Gasteiger partial charge in [-0.25, -0.2) is 17.8 Å². The van der Waals surface area contributed by atoms with Crippen LogP contribution in [0.1, 0.15) is 62.2 Å². The van der Waals surface area contributed by atoms with E-state index in [0.29, 0.717) is 16.7 Å². The fraction of sp³-hybridized carbons (Fsp3) is 0.382. The molecule has 1 fully saturated rings. The van der Waals surface area contributed by atoms with Crippen molar-refractivity contribution < 1.29 is 45.4 Å². The van der Waals surface area contributed by atoms with E-state index in [4.69, 9.17) is 9.47 Å². The Kier molecular flexibility index (Phi) is 8.39. The lowest BCUT2D eigenvalue weighted by Gasteiger charge is -2.34. The van der Waals surface area contributed by atoms with E-state index in [9.17, 15) is 22.7 Å². The van der Waals surface area contributed by atoms with E-state index in [1.54, 1.807) is 24.4 Å². The summed E-state index contributed by atoms with van der Waals surface area (Å²) in [6.45, 7) is 3.31. The van der Waals surface area contributed by atoms with Crippen LogP contribution in [0, 0.1) is 5.82 Å². The summed E-state index contributed by atoms with van der Waals surface area (Å²) in [5.74, 6) is -1.21. The van der Waals surface area contributed by atoms with E-state index < -0.39 is 68.3 Å². The van der Waals surface area contributed by atoms with Crippen molar-refractivity contribution >= 4 is 26.8 Å². The summed E-state index contributed by atoms with van der Waals surface area (Å²) < 4.78 is 97.2. The number of halogens is 4. The van der Waals surface area contributed by atoms with E-state index in [0.717, 1.165) is 31.0 Å². The SMILES string of the molecule is CC(C)(C)S(=O)(=O)N[C@@]1(C(F)(F)F)COc2c1cc([C@@](C)(O)CNC(=O)c1cc(OC3CC3)c3ncccc3c1)nc2-c1ccc(F)cc1. The summed E-state index contributed by atoms with van der Waals surface area (Å²) >= 11 is 0. The average Bonchev–Trinajstić information content (AvgIpc) is 3.77. The van der Waals surface area contributed by atoms with Crippen LogP contribution in [0.5, 0.6) is 11.5 Å². The van der Waals surface area contributed by atoms with E-state index in [1.807, 2.05) is 4.72 Å². The first-order valence-corrected chi connectivity index (χ1v) is 16.9. The molecule has 260 valence electrons. The molecule has 2 aromatic carbocycles. The molecular weight excluding hydrogens is 668 g/mol. The molecule has 15 heteroatoms. The lowest BCUT2D eigenvalue weighted by Crippen LogP contribution is -2.60. The van der Waals surface area contributed by atoms with Crippen LogP contribution in [0.25, 0.3) is 22.2 Å². The van der Waals surface area contributed by atoms with Gasteiger partial charge in [0.1, 0.15) is 35.0 Å². The van der Waals surface area contributed by atoms with Crippen molar-refractivity contribution in [2.45, 2.75) is 68.7 Å². The van der Waals surface area contributed by atoms with Crippen LogP contribution >= 0.6 is 0 Å². The number of benzene rings is 2. The molecule has 1 amide bonds. The van der Waals surface area contributed by atoms with Crippen molar-refractivity contribution in [2.75, 3.05) is 13.2 Å². The number of alkyl halides is 3. The summed E-state index contributed by atoms with van der Waals surface area (Å²) in [4.78, 5) is 22.2. The van der Waals surface area contributed by atoms with E-state index in [-0.39, 0.29) is 28.6 Å². The van der Waals surface area contributed by atoms with Gasteiger partial charge < -0.3 is 19.9 Å². The molecule has 0 spiro atoms.